The van der Waals surface area contributed by atoms with Crippen LogP contribution in [0.2, 0.25) is 0 Å². The summed E-state index contributed by atoms with van der Waals surface area (Å²) in [5.74, 6) is 0.836. The molecule has 4 rings (SSSR count). The molecule has 146 valence electrons. The maximum atomic E-state index is 12.7. The molecule has 1 aromatic heterocycles. The second-order valence-electron chi connectivity index (χ2n) is 7.32. The zero-order valence-electron chi connectivity index (χ0n) is 16.5. The van der Waals surface area contributed by atoms with E-state index in [4.69, 9.17) is 9.15 Å². The van der Waals surface area contributed by atoms with E-state index in [2.05, 4.69) is 22.3 Å². The Kier molecular flexibility index (Phi) is 5.24. The van der Waals surface area contributed by atoms with Crippen LogP contribution < -0.4 is 15.0 Å². The average molecular weight is 378 g/mol. The SMILES string of the molecule is COc1ccc2oc(C(=O)Nc3ccc(N4CCCCCC4)cc3)c(C)c2c1. The third-order valence-electron chi connectivity index (χ3n) is 5.45. The second kappa shape index (κ2) is 7.97. The molecular weight excluding hydrogens is 352 g/mol. The quantitative estimate of drug-likeness (QED) is 0.662. The van der Waals surface area contributed by atoms with Crippen molar-refractivity contribution >= 4 is 28.3 Å². The van der Waals surface area contributed by atoms with Crippen molar-refractivity contribution in [2.75, 3.05) is 30.4 Å². The van der Waals surface area contributed by atoms with Gasteiger partial charge in [-0.2, -0.15) is 0 Å². The normalized spacial score (nSPS) is 14.7. The topological polar surface area (TPSA) is 54.7 Å². The molecule has 0 bridgehead atoms. The first kappa shape index (κ1) is 18.4. The van der Waals surface area contributed by atoms with Gasteiger partial charge in [0.1, 0.15) is 11.3 Å². The first-order valence-corrected chi connectivity index (χ1v) is 9.89. The van der Waals surface area contributed by atoms with E-state index in [1.807, 2.05) is 37.3 Å². The molecule has 1 saturated heterocycles. The number of amides is 1. The highest BCUT2D eigenvalue weighted by Gasteiger charge is 2.18. The molecule has 0 unspecified atom stereocenters. The Morgan fingerprint density at radius 2 is 1.75 bits per heavy atom. The number of methoxy groups -OCH3 is 1. The van der Waals surface area contributed by atoms with Crippen LogP contribution in [0.5, 0.6) is 5.75 Å². The number of ether oxygens (including phenoxy) is 1. The van der Waals surface area contributed by atoms with E-state index in [1.54, 1.807) is 7.11 Å². The molecule has 1 amide bonds. The molecule has 5 nitrogen and oxygen atoms in total. The number of aryl methyl sites for hydroxylation is 1. The third-order valence-corrected chi connectivity index (χ3v) is 5.45. The number of furan rings is 1. The van der Waals surface area contributed by atoms with Gasteiger partial charge < -0.3 is 19.4 Å². The summed E-state index contributed by atoms with van der Waals surface area (Å²) in [7, 11) is 1.62. The summed E-state index contributed by atoms with van der Waals surface area (Å²) in [5, 5.41) is 3.84. The standard InChI is InChI=1S/C23H26N2O3/c1-16-20-15-19(27-2)11-12-21(20)28-22(16)23(26)24-17-7-9-18(10-8-17)25-13-5-3-4-6-14-25/h7-12,15H,3-6,13-14H2,1-2H3,(H,24,26). The number of nitrogens with one attached hydrogen (secondary N) is 1. The molecule has 0 atom stereocenters. The van der Waals surface area contributed by atoms with Crippen LogP contribution in [0.3, 0.4) is 0 Å². The van der Waals surface area contributed by atoms with Crippen LogP contribution in [0.1, 0.15) is 41.8 Å². The molecule has 5 heteroatoms. The van der Waals surface area contributed by atoms with Crippen molar-refractivity contribution in [2.45, 2.75) is 32.6 Å². The van der Waals surface area contributed by atoms with Crippen LogP contribution in [0.25, 0.3) is 11.0 Å². The van der Waals surface area contributed by atoms with Crippen molar-refractivity contribution in [1.82, 2.24) is 0 Å². The maximum Gasteiger partial charge on any atom is 0.291 e. The fourth-order valence-corrected chi connectivity index (χ4v) is 3.82. The van der Waals surface area contributed by atoms with Gasteiger partial charge in [-0.05, 0) is 62.2 Å². The predicted octanol–water partition coefficient (Wildman–Crippen LogP) is 5.38. The van der Waals surface area contributed by atoms with Crippen molar-refractivity contribution in [3.63, 3.8) is 0 Å². The predicted molar refractivity (Wildman–Crippen MR) is 113 cm³/mol. The summed E-state index contributed by atoms with van der Waals surface area (Å²) in [6.07, 6.45) is 5.12. The van der Waals surface area contributed by atoms with E-state index in [0.29, 0.717) is 11.3 Å². The van der Waals surface area contributed by atoms with Gasteiger partial charge in [-0.1, -0.05) is 12.8 Å². The summed E-state index contributed by atoms with van der Waals surface area (Å²) in [4.78, 5) is 15.2. The van der Waals surface area contributed by atoms with Crippen molar-refractivity contribution in [3.05, 3.63) is 53.8 Å². The lowest BCUT2D eigenvalue weighted by Gasteiger charge is -2.22. The summed E-state index contributed by atoms with van der Waals surface area (Å²) in [5.41, 5.74) is 3.47. The molecule has 2 heterocycles. The molecule has 28 heavy (non-hydrogen) atoms. The van der Waals surface area contributed by atoms with Crippen LogP contribution in [0, 0.1) is 6.92 Å². The Morgan fingerprint density at radius 1 is 1.04 bits per heavy atom. The van der Waals surface area contributed by atoms with Crippen LogP contribution in [-0.2, 0) is 0 Å². The smallest absolute Gasteiger partial charge is 0.291 e. The fourth-order valence-electron chi connectivity index (χ4n) is 3.82. The van der Waals surface area contributed by atoms with Crippen LogP contribution >= 0.6 is 0 Å². The first-order chi connectivity index (χ1) is 13.7. The van der Waals surface area contributed by atoms with Gasteiger partial charge in [-0.3, -0.25) is 4.79 Å². The number of hydrogen-bond acceptors (Lipinski definition) is 4. The molecule has 0 spiro atoms. The molecular formula is C23H26N2O3. The van der Waals surface area contributed by atoms with Crippen LogP contribution in [-0.4, -0.2) is 26.1 Å². The molecule has 0 radical (unpaired) electrons. The highest BCUT2D eigenvalue weighted by molar-refractivity contribution is 6.06. The summed E-state index contributed by atoms with van der Waals surface area (Å²) >= 11 is 0. The highest BCUT2D eigenvalue weighted by Crippen LogP contribution is 2.29. The largest absolute Gasteiger partial charge is 0.497 e. The lowest BCUT2D eigenvalue weighted by Crippen LogP contribution is -2.23. The molecule has 3 aromatic rings. The lowest BCUT2D eigenvalue weighted by atomic mass is 10.1. The van der Waals surface area contributed by atoms with Gasteiger partial charge in [0.25, 0.3) is 5.91 Å². The number of fused-ring (bicyclic) bond motifs is 1. The maximum absolute atomic E-state index is 12.7. The zero-order chi connectivity index (χ0) is 19.5. The molecule has 0 aliphatic carbocycles. The number of hydrogen-bond donors (Lipinski definition) is 1. The van der Waals surface area contributed by atoms with Crippen LogP contribution in [0.4, 0.5) is 11.4 Å². The van der Waals surface area contributed by atoms with E-state index in [0.717, 1.165) is 35.5 Å². The fraction of sp³-hybridized carbons (Fsp3) is 0.348. The Hall–Kier alpha value is -2.95. The van der Waals surface area contributed by atoms with E-state index in [-0.39, 0.29) is 5.91 Å². The van der Waals surface area contributed by atoms with Gasteiger partial charge in [-0.25, -0.2) is 0 Å². The van der Waals surface area contributed by atoms with E-state index in [9.17, 15) is 4.79 Å². The molecule has 2 aromatic carbocycles. The number of benzene rings is 2. The minimum Gasteiger partial charge on any atom is -0.497 e. The minimum atomic E-state index is -0.241. The Balaban J connectivity index is 1.50. The number of carbonyl (C=O) groups is 1. The summed E-state index contributed by atoms with van der Waals surface area (Å²) in [6.45, 7) is 4.10. The van der Waals surface area contributed by atoms with Gasteiger partial charge >= 0.3 is 0 Å². The molecule has 1 aliphatic heterocycles. The van der Waals surface area contributed by atoms with Crippen molar-refractivity contribution in [3.8, 4) is 5.75 Å². The monoisotopic (exact) mass is 378 g/mol. The van der Waals surface area contributed by atoms with Gasteiger partial charge in [0.05, 0.1) is 7.11 Å². The van der Waals surface area contributed by atoms with Crippen molar-refractivity contribution in [2.24, 2.45) is 0 Å². The lowest BCUT2D eigenvalue weighted by molar-refractivity contribution is 0.0998. The second-order valence-corrected chi connectivity index (χ2v) is 7.32. The minimum absolute atomic E-state index is 0.241. The Labute approximate surface area is 165 Å². The van der Waals surface area contributed by atoms with Crippen molar-refractivity contribution in [1.29, 1.82) is 0 Å². The van der Waals surface area contributed by atoms with E-state index < -0.39 is 0 Å². The highest BCUT2D eigenvalue weighted by atomic mass is 16.5. The number of carbonyl (C=O) groups excluding carboxylic acids is 1. The Bertz CT molecular complexity index is 967. The van der Waals surface area contributed by atoms with Crippen molar-refractivity contribution < 1.29 is 13.9 Å². The van der Waals surface area contributed by atoms with Gasteiger partial charge in [-0.15, -0.1) is 0 Å². The van der Waals surface area contributed by atoms with E-state index >= 15 is 0 Å². The molecule has 1 N–H and O–H groups in total. The van der Waals surface area contributed by atoms with E-state index in [1.165, 1.54) is 31.4 Å². The summed E-state index contributed by atoms with van der Waals surface area (Å²) in [6, 6.07) is 13.6. The number of rotatable bonds is 4. The average Bonchev–Trinajstić information content (AvgIpc) is 2.89. The van der Waals surface area contributed by atoms with Gasteiger partial charge in [0.15, 0.2) is 5.76 Å². The Morgan fingerprint density at radius 3 is 2.43 bits per heavy atom. The number of nitrogens with zero attached hydrogens (tertiary/aromatic N) is 1. The molecule has 1 fully saturated rings. The third kappa shape index (κ3) is 3.70. The first-order valence-electron chi connectivity index (χ1n) is 9.89. The molecule has 0 saturated carbocycles. The number of anilines is 2. The van der Waals surface area contributed by atoms with Gasteiger partial charge in [0.2, 0.25) is 0 Å². The summed E-state index contributed by atoms with van der Waals surface area (Å²) < 4.78 is 11.1. The van der Waals surface area contributed by atoms with Crippen LogP contribution in [0.15, 0.2) is 46.9 Å². The molecule has 1 aliphatic rings. The zero-order valence-corrected chi connectivity index (χ0v) is 16.5. The van der Waals surface area contributed by atoms with Gasteiger partial charge in [0, 0.05) is 35.4 Å².